The van der Waals surface area contributed by atoms with Crippen molar-refractivity contribution >= 4 is 57.5 Å². The van der Waals surface area contributed by atoms with Crippen LogP contribution in [0.2, 0.25) is 5.02 Å². The van der Waals surface area contributed by atoms with Crippen molar-refractivity contribution in [2.45, 2.75) is 25.1 Å². The van der Waals surface area contributed by atoms with Crippen molar-refractivity contribution in [3.8, 4) is 11.5 Å². The minimum atomic E-state index is -0.642. The number of aliphatic imine (C=N–C) groups is 1. The molecule has 0 saturated carbocycles. The molecule has 5 rings (SSSR count). The maximum Gasteiger partial charge on any atom is 0.242 e. The maximum absolute atomic E-state index is 13.4. The normalized spacial score (nSPS) is 17.4. The molecule has 10 heteroatoms. The number of thioether (sulfide) groups is 1. The molecule has 3 aromatic rings. The van der Waals surface area contributed by atoms with E-state index >= 15 is 0 Å². The number of nitrogens with zero attached hydrogens (tertiary/aromatic N) is 2. The lowest BCUT2D eigenvalue weighted by Gasteiger charge is -2.17. The van der Waals surface area contributed by atoms with Gasteiger partial charge in [0.2, 0.25) is 18.6 Å². The van der Waals surface area contributed by atoms with Crippen LogP contribution in [0.4, 0.5) is 11.4 Å². The molecule has 37 heavy (non-hydrogen) atoms. The summed E-state index contributed by atoms with van der Waals surface area (Å²) in [5.74, 6) is 0.710. The molecule has 0 aliphatic carbocycles. The van der Waals surface area contributed by atoms with E-state index in [0.29, 0.717) is 38.6 Å². The Morgan fingerprint density at radius 1 is 1.05 bits per heavy atom. The summed E-state index contributed by atoms with van der Waals surface area (Å²) in [4.78, 5) is 43.9. The minimum Gasteiger partial charge on any atom is -0.454 e. The number of ketones is 1. The van der Waals surface area contributed by atoms with Crippen LogP contribution in [0.5, 0.6) is 11.5 Å². The quantitative estimate of drug-likeness (QED) is 0.405. The second-order valence-corrected chi connectivity index (χ2v) is 10.1. The van der Waals surface area contributed by atoms with E-state index in [2.05, 4.69) is 10.3 Å². The Labute approximate surface area is 222 Å². The third kappa shape index (κ3) is 5.79. The Morgan fingerprint density at radius 3 is 2.51 bits per heavy atom. The Bertz CT molecular complexity index is 1390. The zero-order valence-electron chi connectivity index (χ0n) is 19.8. The van der Waals surface area contributed by atoms with Crippen LogP contribution in [0, 0.1) is 0 Å². The number of hydrogen-bond donors (Lipinski definition) is 1. The summed E-state index contributed by atoms with van der Waals surface area (Å²) in [6.45, 7) is 1.91. The SMILES string of the molecule is CC(=O)c1ccc(NC(=O)CC2SC(=Nc3ccc(Cl)cc3)N(Cc3ccc4c(c3)OCO4)C2=O)cc1. The zero-order valence-corrected chi connectivity index (χ0v) is 21.3. The fourth-order valence-corrected chi connectivity index (χ4v) is 5.17. The number of ether oxygens (including phenoxy) is 2. The van der Waals surface area contributed by atoms with Gasteiger partial charge in [-0.25, -0.2) is 4.99 Å². The summed E-state index contributed by atoms with van der Waals surface area (Å²) in [6.07, 6.45) is -0.0325. The molecule has 2 heterocycles. The second kappa shape index (κ2) is 10.7. The molecule has 3 aromatic carbocycles. The summed E-state index contributed by atoms with van der Waals surface area (Å²) >= 11 is 7.25. The Balaban J connectivity index is 1.34. The number of fused-ring (bicyclic) bond motifs is 1. The number of Topliss-reactive ketones (excluding diaryl/α,β-unsaturated/α-hetero) is 1. The van der Waals surface area contributed by atoms with Gasteiger partial charge in [0, 0.05) is 22.7 Å². The van der Waals surface area contributed by atoms with E-state index < -0.39 is 5.25 Å². The van der Waals surface area contributed by atoms with Gasteiger partial charge in [-0.15, -0.1) is 0 Å². The molecule has 8 nitrogen and oxygen atoms in total. The molecule has 1 fully saturated rings. The summed E-state index contributed by atoms with van der Waals surface area (Å²) < 4.78 is 10.8. The Hall–Kier alpha value is -3.82. The lowest BCUT2D eigenvalue weighted by molar-refractivity contribution is -0.128. The predicted molar refractivity (Wildman–Crippen MR) is 143 cm³/mol. The predicted octanol–water partition coefficient (Wildman–Crippen LogP) is 5.43. The monoisotopic (exact) mass is 535 g/mol. The lowest BCUT2D eigenvalue weighted by atomic mass is 10.1. The molecule has 188 valence electrons. The lowest BCUT2D eigenvalue weighted by Crippen LogP contribution is -2.33. The van der Waals surface area contributed by atoms with E-state index in [4.69, 9.17) is 21.1 Å². The highest BCUT2D eigenvalue weighted by Gasteiger charge is 2.39. The van der Waals surface area contributed by atoms with E-state index in [0.717, 1.165) is 5.56 Å². The fraction of sp³-hybridized carbons (Fsp3) is 0.185. The number of anilines is 1. The van der Waals surface area contributed by atoms with Crippen molar-refractivity contribution in [2.24, 2.45) is 4.99 Å². The van der Waals surface area contributed by atoms with Gasteiger partial charge in [0.1, 0.15) is 5.25 Å². The smallest absolute Gasteiger partial charge is 0.242 e. The molecule has 1 unspecified atom stereocenters. The van der Waals surface area contributed by atoms with E-state index in [9.17, 15) is 14.4 Å². The highest BCUT2D eigenvalue weighted by molar-refractivity contribution is 8.15. The van der Waals surface area contributed by atoms with Gasteiger partial charge in [0.25, 0.3) is 0 Å². The number of amidine groups is 1. The van der Waals surface area contributed by atoms with Crippen molar-refractivity contribution in [3.05, 3.63) is 82.9 Å². The third-order valence-corrected chi connectivity index (χ3v) is 7.22. The molecule has 0 bridgehead atoms. The fourth-order valence-electron chi connectivity index (χ4n) is 3.89. The summed E-state index contributed by atoms with van der Waals surface area (Å²) in [6, 6.07) is 19.1. The van der Waals surface area contributed by atoms with Crippen molar-refractivity contribution in [3.63, 3.8) is 0 Å². The van der Waals surface area contributed by atoms with Crippen LogP contribution >= 0.6 is 23.4 Å². The van der Waals surface area contributed by atoms with E-state index in [1.54, 1.807) is 53.4 Å². The highest BCUT2D eigenvalue weighted by Crippen LogP contribution is 2.36. The highest BCUT2D eigenvalue weighted by atomic mass is 35.5. The van der Waals surface area contributed by atoms with Crippen molar-refractivity contribution in [2.75, 3.05) is 12.1 Å². The zero-order chi connectivity index (χ0) is 25.9. The Morgan fingerprint density at radius 2 is 1.78 bits per heavy atom. The van der Waals surface area contributed by atoms with Crippen LogP contribution in [0.3, 0.4) is 0 Å². The van der Waals surface area contributed by atoms with Crippen LogP contribution in [0.15, 0.2) is 71.7 Å². The first-order chi connectivity index (χ1) is 17.9. The number of rotatable bonds is 7. The van der Waals surface area contributed by atoms with E-state index in [1.165, 1.54) is 18.7 Å². The molecular weight excluding hydrogens is 514 g/mol. The first kappa shape index (κ1) is 24.9. The van der Waals surface area contributed by atoms with Gasteiger partial charge in [-0.3, -0.25) is 19.3 Å². The van der Waals surface area contributed by atoms with Crippen LogP contribution in [-0.4, -0.2) is 39.7 Å². The number of amides is 2. The van der Waals surface area contributed by atoms with Crippen molar-refractivity contribution < 1.29 is 23.9 Å². The molecule has 0 aromatic heterocycles. The van der Waals surface area contributed by atoms with Crippen LogP contribution in [0.25, 0.3) is 0 Å². The molecular formula is C27H22ClN3O5S. The molecule has 1 saturated heterocycles. The van der Waals surface area contributed by atoms with Crippen LogP contribution < -0.4 is 14.8 Å². The molecule has 1 atom stereocenters. The molecule has 1 N–H and O–H groups in total. The maximum atomic E-state index is 13.4. The number of hydrogen-bond acceptors (Lipinski definition) is 7. The topological polar surface area (TPSA) is 97.3 Å². The summed E-state index contributed by atoms with van der Waals surface area (Å²) in [7, 11) is 0. The van der Waals surface area contributed by atoms with E-state index in [-0.39, 0.29) is 37.4 Å². The van der Waals surface area contributed by atoms with Gasteiger partial charge < -0.3 is 14.8 Å². The van der Waals surface area contributed by atoms with Gasteiger partial charge in [0.15, 0.2) is 22.4 Å². The van der Waals surface area contributed by atoms with Gasteiger partial charge in [0.05, 0.1) is 12.2 Å². The van der Waals surface area contributed by atoms with Gasteiger partial charge in [-0.1, -0.05) is 29.4 Å². The average Bonchev–Trinajstić information content (AvgIpc) is 3.46. The molecule has 2 amide bonds. The standard InChI is InChI=1S/C27H22ClN3O5S/c1-16(32)18-3-7-20(8-4-18)29-25(33)13-24-26(34)31(14-17-2-11-22-23(12-17)36-15-35-22)27(37-24)30-21-9-5-19(28)6-10-21/h2-12,24H,13-15H2,1H3,(H,29,33). The molecule has 0 radical (unpaired) electrons. The third-order valence-electron chi connectivity index (χ3n) is 5.80. The largest absolute Gasteiger partial charge is 0.454 e. The number of carbonyl (C=O) groups is 3. The van der Waals surface area contributed by atoms with Crippen LogP contribution in [-0.2, 0) is 16.1 Å². The minimum absolute atomic E-state index is 0.0325. The summed E-state index contributed by atoms with van der Waals surface area (Å²) in [5.41, 5.74) is 2.60. The molecule has 2 aliphatic rings. The van der Waals surface area contributed by atoms with Gasteiger partial charge in [-0.05, 0) is 73.2 Å². The molecule has 0 spiro atoms. The van der Waals surface area contributed by atoms with Crippen LogP contribution in [0.1, 0.15) is 29.3 Å². The first-order valence-corrected chi connectivity index (χ1v) is 12.7. The second-order valence-electron chi connectivity index (χ2n) is 8.48. The Kier molecular flexibility index (Phi) is 7.16. The number of nitrogens with one attached hydrogen (secondary N) is 1. The van der Waals surface area contributed by atoms with Gasteiger partial charge in [-0.2, -0.15) is 0 Å². The molecule has 2 aliphatic heterocycles. The number of benzene rings is 3. The van der Waals surface area contributed by atoms with Crippen molar-refractivity contribution in [1.29, 1.82) is 0 Å². The van der Waals surface area contributed by atoms with Crippen molar-refractivity contribution in [1.82, 2.24) is 4.90 Å². The number of halogens is 1. The number of carbonyl (C=O) groups excluding carboxylic acids is 3. The van der Waals surface area contributed by atoms with E-state index in [1.807, 2.05) is 18.2 Å². The average molecular weight is 536 g/mol. The van der Waals surface area contributed by atoms with Gasteiger partial charge >= 0.3 is 0 Å². The summed E-state index contributed by atoms with van der Waals surface area (Å²) in [5, 5.41) is 3.24. The first-order valence-electron chi connectivity index (χ1n) is 11.5.